The van der Waals surface area contributed by atoms with E-state index in [1.165, 1.54) is 16.7 Å². The van der Waals surface area contributed by atoms with Crippen molar-refractivity contribution in [3.63, 3.8) is 0 Å². The van der Waals surface area contributed by atoms with Crippen LogP contribution in [0.15, 0.2) is 18.2 Å². The van der Waals surface area contributed by atoms with Crippen molar-refractivity contribution in [3.05, 3.63) is 34.9 Å². The van der Waals surface area contributed by atoms with Crippen LogP contribution in [0, 0.1) is 0 Å². The Bertz CT molecular complexity index is 525. The minimum absolute atomic E-state index is 0.109. The van der Waals surface area contributed by atoms with Gasteiger partial charge in [-0.05, 0) is 61.6 Å². The average Bonchev–Trinajstić information content (AvgIpc) is 2.31. The molecule has 0 saturated carbocycles. The first-order chi connectivity index (χ1) is 10.4. The van der Waals surface area contributed by atoms with E-state index < -0.39 is 0 Å². The Hall–Kier alpha value is -0.860. The molecule has 2 heteroatoms. The molecule has 0 aromatic heterocycles. The zero-order valence-corrected chi connectivity index (χ0v) is 17.7. The van der Waals surface area contributed by atoms with Crippen molar-refractivity contribution < 1.29 is 0 Å². The SMILES string of the molecule is CC(C)(N)CC(c1cc(C(C)(C)C)cc(C(C)(C)C)c1)C(C)(C)N. The molecule has 1 rings (SSSR count). The number of hydrogen-bond acceptors (Lipinski definition) is 2. The van der Waals surface area contributed by atoms with Gasteiger partial charge in [0.05, 0.1) is 0 Å². The summed E-state index contributed by atoms with van der Waals surface area (Å²) in [6.07, 6.45) is 0.869. The fourth-order valence-electron chi connectivity index (χ4n) is 3.06. The molecule has 0 radical (unpaired) electrons. The lowest BCUT2D eigenvalue weighted by Crippen LogP contribution is -2.45. The van der Waals surface area contributed by atoms with Gasteiger partial charge in [-0.25, -0.2) is 0 Å². The van der Waals surface area contributed by atoms with Crippen LogP contribution in [-0.2, 0) is 10.8 Å². The summed E-state index contributed by atoms with van der Waals surface area (Å²) in [4.78, 5) is 0. The summed E-state index contributed by atoms with van der Waals surface area (Å²) in [5.74, 6) is 0.223. The summed E-state index contributed by atoms with van der Waals surface area (Å²) in [5.41, 5.74) is 16.7. The van der Waals surface area contributed by atoms with E-state index in [2.05, 4.69) is 87.4 Å². The molecule has 2 nitrogen and oxygen atoms in total. The summed E-state index contributed by atoms with van der Waals surface area (Å²) in [7, 11) is 0. The minimum Gasteiger partial charge on any atom is -0.326 e. The van der Waals surface area contributed by atoms with Crippen molar-refractivity contribution >= 4 is 0 Å². The zero-order chi connectivity index (χ0) is 19.1. The van der Waals surface area contributed by atoms with Crippen LogP contribution in [0.25, 0.3) is 0 Å². The highest BCUT2D eigenvalue weighted by molar-refractivity contribution is 5.40. The molecule has 1 aromatic rings. The molecule has 0 aliphatic rings. The zero-order valence-electron chi connectivity index (χ0n) is 17.7. The maximum Gasteiger partial charge on any atom is 0.0167 e. The fraction of sp³-hybridized carbons (Fsp3) is 0.727. The second-order valence-corrected chi connectivity index (χ2v) is 10.9. The van der Waals surface area contributed by atoms with E-state index in [-0.39, 0.29) is 27.8 Å². The smallest absolute Gasteiger partial charge is 0.0167 e. The molecule has 0 aliphatic carbocycles. The van der Waals surface area contributed by atoms with Crippen molar-refractivity contribution in [1.82, 2.24) is 0 Å². The highest BCUT2D eigenvalue weighted by atomic mass is 14.8. The Morgan fingerprint density at radius 3 is 1.33 bits per heavy atom. The van der Waals surface area contributed by atoms with Crippen LogP contribution in [0.3, 0.4) is 0 Å². The molecule has 4 N–H and O–H groups in total. The van der Waals surface area contributed by atoms with E-state index in [0.717, 1.165) is 6.42 Å². The van der Waals surface area contributed by atoms with E-state index >= 15 is 0 Å². The molecule has 0 aliphatic heterocycles. The maximum absolute atomic E-state index is 6.58. The first kappa shape index (κ1) is 21.2. The highest BCUT2D eigenvalue weighted by Gasteiger charge is 2.33. The number of nitrogens with two attached hydrogens (primary N) is 2. The van der Waals surface area contributed by atoms with Gasteiger partial charge in [0, 0.05) is 17.0 Å². The topological polar surface area (TPSA) is 52.0 Å². The van der Waals surface area contributed by atoms with Gasteiger partial charge in [0.15, 0.2) is 0 Å². The van der Waals surface area contributed by atoms with E-state index in [4.69, 9.17) is 11.5 Å². The van der Waals surface area contributed by atoms with Gasteiger partial charge in [-0.15, -0.1) is 0 Å². The predicted molar refractivity (Wildman–Crippen MR) is 108 cm³/mol. The van der Waals surface area contributed by atoms with Gasteiger partial charge in [-0.1, -0.05) is 59.7 Å². The number of benzene rings is 1. The maximum atomic E-state index is 6.58. The molecule has 1 atom stereocenters. The van der Waals surface area contributed by atoms with Crippen LogP contribution in [0.4, 0.5) is 0 Å². The molecular weight excluding hydrogens is 292 g/mol. The lowest BCUT2D eigenvalue weighted by molar-refractivity contribution is 0.323. The molecule has 0 saturated heterocycles. The van der Waals surface area contributed by atoms with E-state index in [9.17, 15) is 0 Å². The first-order valence-electron chi connectivity index (χ1n) is 9.15. The predicted octanol–water partition coefficient (Wildman–Crippen LogP) is 5.23. The fourth-order valence-corrected chi connectivity index (χ4v) is 3.06. The summed E-state index contributed by atoms with van der Waals surface area (Å²) in [6, 6.07) is 7.05. The Kier molecular flexibility index (Phi) is 5.70. The van der Waals surface area contributed by atoms with Crippen LogP contribution in [0.2, 0.25) is 0 Å². The van der Waals surface area contributed by atoms with Gasteiger partial charge in [-0.2, -0.15) is 0 Å². The molecule has 1 unspecified atom stereocenters. The van der Waals surface area contributed by atoms with Crippen molar-refractivity contribution in [3.8, 4) is 0 Å². The molecule has 138 valence electrons. The van der Waals surface area contributed by atoms with Crippen LogP contribution in [-0.4, -0.2) is 11.1 Å². The molecule has 1 aromatic carbocycles. The summed E-state index contributed by atoms with van der Waals surface area (Å²) in [6.45, 7) is 22.0. The molecular formula is C22H40N2. The Balaban J connectivity index is 3.58. The molecule has 0 bridgehead atoms. The molecule has 0 amide bonds. The van der Waals surface area contributed by atoms with Crippen molar-refractivity contribution in [2.24, 2.45) is 11.5 Å². The molecule has 0 spiro atoms. The lowest BCUT2D eigenvalue weighted by atomic mass is 9.72. The van der Waals surface area contributed by atoms with E-state index in [0.29, 0.717) is 0 Å². The summed E-state index contributed by atoms with van der Waals surface area (Å²) >= 11 is 0. The molecule has 0 fully saturated rings. The first-order valence-corrected chi connectivity index (χ1v) is 9.15. The third-order valence-corrected chi connectivity index (χ3v) is 4.72. The van der Waals surface area contributed by atoms with Gasteiger partial charge in [0.25, 0.3) is 0 Å². The standard InChI is InChI=1S/C22H40N2/c1-19(2,3)16-11-15(12-17(13-16)20(4,5)6)18(22(9,10)24)14-21(7,8)23/h11-13,18H,14,23-24H2,1-10H3. The van der Waals surface area contributed by atoms with Gasteiger partial charge >= 0.3 is 0 Å². The number of hydrogen-bond donors (Lipinski definition) is 2. The highest BCUT2D eigenvalue weighted by Crippen LogP contribution is 2.38. The average molecular weight is 333 g/mol. The van der Waals surface area contributed by atoms with Crippen LogP contribution >= 0.6 is 0 Å². The van der Waals surface area contributed by atoms with Gasteiger partial charge in [-0.3, -0.25) is 0 Å². The number of rotatable bonds is 4. The third kappa shape index (κ3) is 5.89. The molecule has 0 heterocycles. The monoisotopic (exact) mass is 332 g/mol. The third-order valence-electron chi connectivity index (χ3n) is 4.72. The van der Waals surface area contributed by atoms with Gasteiger partial charge in [0.1, 0.15) is 0 Å². The normalized spacial score (nSPS) is 15.5. The second-order valence-electron chi connectivity index (χ2n) is 10.9. The summed E-state index contributed by atoms with van der Waals surface area (Å²) < 4.78 is 0. The van der Waals surface area contributed by atoms with Crippen LogP contribution in [0.1, 0.15) is 98.3 Å². The van der Waals surface area contributed by atoms with Gasteiger partial charge in [0.2, 0.25) is 0 Å². The lowest BCUT2D eigenvalue weighted by Gasteiger charge is -2.37. The summed E-state index contributed by atoms with van der Waals surface area (Å²) in [5, 5.41) is 0. The van der Waals surface area contributed by atoms with E-state index in [1.54, 1.807) is 0 Å². The molecule has 24 heavy (non-hydrogen) atoms. The van der Waals surface area contributed by atoms with Crippen LogP contribution in [0.5, 0.6) is 0 Å². The van der Waals surface area contributed by atoms with Gasteiger partial charge < -0.3 is 11.5 Å². The Morgan fingerprint density at radius 1 is 0.708 bits per heavy atom. The quantitative estimate of drug-likeness (QED) is 0.793. The van der Waals surface area contributed by atoms with Crippen molar-refractivity contribution in [2.45, 2.75) is 103 Å². The largest absolute Gasteiger partial charge is 0.326 e. The van der Waals surface area contributed by atoms with Crippen molar-refractivity contribution in [1.29, 1.82) is 0 Å². The Labute approximate surface area is 150 Å². The van der Waals surface area contributed by atoms with Crippen LogP contribution < -0.4 is 11.5 Å². The van der Waals surface area contributed by atoms with Crippen molar-refractivity contribution in [2.75, 3.05) is 0 Å². The van der Waals surface area contributed by atoms with E-state index in [1.807, 2.05) is 0 Å². The second kappa shape index (κ2) is 6.46. The Morgan fingerprint density at radius 2 is 1.08 bits per heavy atom. The minimum atomic E-state index is -0.317.